The molecule has 0 aliphatic carbocycles. The topological polar surface area (TPSA) is 54.4 Å². The van der Waals surface area contributed by atoms with Crippen molar-refractivity contribution in [1.82, 2.24) is 0 Å². The molecular formula is C17H35O3S. The van der Waals surface area contributed by atoms with Gasteiger partial charge in [0.05, 0.1) is 5.25 Å². The van der Waals surface area contributed by atoms with Crippen LogP contribution in [0.2, 0.25) is 0 Å². The SMILES string of the molecule is [CH2]CC(CCCCCCCCCCCCCC)S(=O)(=O)O. The molecule has 3 nitrogen and oxygen atoms in total. The molecule has 0 saturated heterocycles. The van der Waals surface area contributed by atoms with Crippen molar-refractivity contribution >= 4 is 10.1 Å². The van der Waals surface area contributed by atoms with Gasteiger partial charge in [-0.15, -0.1) is 0 Å². The predicted octanol–water partition coefficient (Wildman–Crippen LogP) is 5.56. The molecule has 0 aromatic carbocycles. The first-order chi connectivity index (χ1) is 10.0. The Hall–Kier alpha value is -0.0900. The van der Waals surface area contributed by atoms with E-state index in [1.807, 2.05) is 0 Å². The van der Waals surface area contributed by atoms with Gasteiger partial charge < -0.3 is 0 Å². The highest BCUT2D eigenvalue weighted by Gasteiger charge is 2.19. The van der Waals surface area contributed by atoms with Gasteiger partial charge in [0.1, 0.15) is 0 Å². The maximum Gasteiger partial charge on any atom is 0.267 e. The molecule has 0 fully saturated rings. The summed E-state index contributed by atoms with van der Waals surface area (Å²) in [6, 6.07) is 0. The Kier molecular flexibility index (Phi) is 13.5. The van der Waals surface area contributed by atoms with E-state index in [9.17, 15) is 8.42 Å². The summed E-state index contributed by atoms with van der Waals surface area (Å²) in [5, 5.41) is -0.666. The largest absolute Gasteiger partial charge is 0.285 e. The van der Waals surface area contributed by atoms with Crippen LogP contribution in [0.15, 0.2) is 0 Å². The number of hydrogen-bond donors (Lipinski definition) is 1. The molecule has 0 aliphatic heterocycles. The molecule has 21 heavy (non-hydrogen) atoms. The third-order valence-electron chi connectivity index (χ3n) is 4.12. The first-order valence-electron chi connectivity index (χ1n) is 8.78. The quantitative estimate of drug-likeness (QED) is 0.317. The smallest absolute Gasteiger partial charge is 0.267 e. The molecule has 1 atom stereocenters. The Morgan fingerprint density at radius 1 is 0.810 bits per heavy atom. The Labute approximate surface area is 132 Å². The molecule has 0 spiro atoms. The summed E-state index contributed by atoms with van der Waals surface area (Å²) in [6.07, 6.45) is 16.0. The van der Waals surface area contributed by atoms with Crippen LogP contribution in [0.1, 0.15) is 96.8 Å². The van der Waals surface area contributed by atoms with Crippen LogP contribution in [-0.2, 0) is 10.1 Å². The van der Waals surface area contributed by atoms with E-state index in [2.05, 4.69) is 13.8 Å². The Balaban J connectivity index is 3.29. The van der Waals surface area contributed by atoms with Gasteiger partial charge in [0.2, 0.25) is 0 Å². The second-order valence-electron chi connectivity index (χ2n) is 6.10. The average Bonchev–Trinajstić information content (AvgIpc) is 2.42. The highest BCUT2D eigenvalue weighted by Crippen LogP contribution is 2.16. The maximum absolute atomic E-state index is 11.0. The summed E-state index contributed by atoms with van der Waals surface area (Å²) in [4.78, 5) is 0. The maximum atomic E-state index is 11.0. The molecule has 4 heteroatoms. The zero-order chi connectivity index (χ0) is 16.0. The van der Waals surface area contributed by atoms with E-state index in [-0.39, 0.29) is 6.42 Å². The molecule has 0 rings (SSSR count). The van der Waals surface area contributed by atoms with Crippen LogP contribution in [0.5, 0.6) is 0 Å². The first kappa shape index (κ1) is 20.9. The average molecular weight is 320 g/mol. The minimum atomic E-state index is -3.89. The highest BCUT2D eigenvalue weighted by molar-refractivity contribution is 7.86. The lowest BCUT2D eigenvalue weighted by Gasteiger charge is -2.10. The molecule has 1 radical (unpaired) electrons. The molecule has 1 N–H and O–H groups in total. The standard InChI is InChI=1S/C17H35O3S/c1-3-5-6-7-8-9-10-11-12-13-14-15-16-17(4-2)21(18,19)20/h17H,2-16H2,1H3,(H,18,19,20). The summed E-state index contributed by atoms with van der Waals surface area (Å²) in [6.45, 7) is 5.83. The highest BCUT2D eigenvalue weighted by atomic mass is 32.2. The fourth-order valence-corrected chi connectivity index (χ4v) is 3.42. The van der Waals surface area contributed by atoms with Crippen molar-refractivity contribution in [3.63, 3.8) is 0 Å². The predicted molar refractivity (Wildman–Crippen MR) is 91.0 cm³/mol. The van der Waals surface area contributed by atoms with Gasteiger partial charge in [-0.3, -0.25) is 4.55 Å². The van der Waals surface area contributed by atoms with Crippen molar-refractivity contribution < 1.29 is 13.0 Å². The zero-order valence-electron chi connectivity index (χ0n) is 13.9. The molecule has 0 aliphatic rings. The zero-order valence-corrected chi connectivity index (χ0v) is 14.7. The van der Waals surface area contributed by atoms with Gasteiger partial charge in [0.15, 0.2) is 0 Å². The molecular weight excluding hydrogens is 284 g/mol. The van der Waals surface area contributed by atoms with E-state index < -0.39 is 15.4 Å². The van der Waals surface area contributed by atoms with Crippen molar-refractivity contribution in [2.75, 3.05) is 0 Å². The number of unbranched alkanes of at least 4 members (excludes halogenated alkanes) is 11. The van der Waals surface area contributed by atoms with E-state index in [4.69, 9.17) is 4.55 Å². The fraction of sp³-hybridized carbons (Fsp3) is 0.941. The van der Waals surface area contributed by atoms with Crippen molar-refractivity contribution in [3.05, 3.63) is 6.92 Å². The van der Waals surface area contributed by atoms with Crippen LogP contribution in [-0.4, -0.2) is 18.2 Å². The lowest BCUT2D eigenvalue weighted by molar-refractivity contribution is 0.455. The molecule has 0 amide bonds. The molecule has 0 bridgehead atoms. The van der Waals surface area contributed by atoms with Crippen LogP contribution in [0.4, 0.5) is 0 Å². The van der Waals surface area contributed by atoms with Gasteiger partial charge in [0, 0.05) is 0 Å². The van der Waals surface area contributed by atoms with Crippen molar-refractivity contribution in [2.45, 2.75) is 102 Å². The lowest BCUT2D eigenvalue weighted by Crippen LogP contribution is -2.19. The van der Waals surface area contributed by atoms with Crippen LogP contribution in [0.3, 0.4) is 0 Å². The van der Waals surface area contributed by atoms with Gasteiger partial charge in [-0.25, -0.2) is 0 Å². The summed E-state index contributed by atoms with van der Waals surface area (Å²) in [7, 11) is -3.89. The van der Waals surface area contributed by atoms with E-state index in [0.717, 1.165) is 12.8 Å². The van der Waals surface area contributed by atoms with Crippen LogP contribution >= 0.6 is 0 Å². The minimum absolute atomic E-state index is 0.261. The van der Waals surface area contributed by atoms with Crippen molar-refractivity contribution in [2.24, 2.45) is 0 Å². The van der Waals surface area contributed by atoms with Gasteiger partial charge in [0.25, 0.3) is 10.1 Å². The van der Waals surface area contributed by atoms with E-state index in [0.29, 0.717) is 6.42 Å². The lowest BCUT2D eigenvalue weighted by atomic mass is 10.0. The first-order valence-corrected chi connectivity index (χ1v) is 10.3. The second kappa shape index (κ2) is 13.6. The number of hydrogen-bond acceptors (Lipinski definition) is 2. The Bertz CT molecular complexity index is 312. The molecule has 0 aromatic rings. The van der Waals surface area contributed by atoms with Gasteiger partial charge >= 0.3 is 0 Å². The monoisotopic (exact) mass is 319 g/mol. The molecule has 0 saturated carbocycles. The van der Waals surface area contributed by atoms with E-state index in [1.165, 1.54) is 64.2 Å². The van der Waals surface area contributed by atoms with Gasteiger partial charge in [-0.1, -0.05) is 90.9 Å². The Morgan fingerprint density at radius 3 is 1.52 bits per heavy atom. The van der Waals surface area contributed by atoms with Crippen LogP contribution in [0.25, 0.3) is 0 Å². The van der Waals surface area contributed by atoms with Gasteiger partial charge in [-0.05, 0) is 12.8 Å². The molecule has 127 valence electrons. The second-order valence-corrected chi connectivity index (χ2v) is 7.80. The summed E-state index contributed by atoms with van der Waals surface area (Å²) >= 11 is 0. The minimum Gasteiger partial charge on any atom is -0.285 e. The van der Waals surface area contributed by atoms with Gasteiger partial charge in [-0.2, -0.15) is 8.42 Å². The van der Waals surface area contributed by atoms with Crippen molar-refractivity contribution in [1.29, 1.82) is 0 Å². The summed E-state index contributed by atoms with van der Waals surface area (Å²) in [5.74, 6) is 0. The molecule has 0 heterocycles. The molecule has 1 unspecified atom stereocenters. The normalized spacial score (nSPS) is 13.5. The van der Waals surface area contributed by atoms with Crippen LogP contribution in [0, 0.1) is 6.92 Å². The Morgan fingerprint density at radius 2 is 1.19 bits per heavy atom. The van der Waals surface area contributed by atoms with E-state index in [1.54, 1.807) is 0 Å². The fourth-order valence-electron chi connectivity index (χ4n) is 2.66. The third kappa shape index (κ3) is 13.3. The third-order valence-corrected chi connectivity index (χ3v) is 5.44. The summed E-state index contributed by atoms with van der Waals surface area (Å²) in [5.41, 5.74) is 0. The van der Waals surface area contributed by atoms with Crippen molar-refractivity contribution in [3.8, 4) is 0 Å². The summed E-state index contributed by atoms with van der Waals surface area (Å²) < 4.78 is 31.0. The van der Waals surface area contributed by atoms with E-state index >= 15 is 0 Å². The van der Waals surface area contributed by atoms with Crippen LogP contribution < -0.4 is 0 Å². The molecule has 0 aromatic heterocycles. The number of rotatable bonds is 15.